The predicted molar refractivity (Wildman–Crippen MR) is 57.2 cm³/mol. The number of nitrogen functional groups attached to an aromatic ring is 1. The van der Waals surface area contributed by atoms with E-state index in [1.807, 2.05) is 13.0 Å². The topological polar surface area (TPSA) is 55.0 Å². The van der Waals surface area contributed by atoms with Crippen LogP contribution in [-0.2, 0) is 0 Å². The maximum Gasteiger partial charge on any atom is 0.134 e. The van der Waals surface area contributed by atoms with Crippen LogP contribution in [0.25, 0.3) is 0 Å². The Balaban J connectivity index is 2.28. The summed E-state index contributed by atoms with van der Waals surface area (Å²) >= 11 is 0. The molecule has 0 aromatic carbocycles. The largest absolute Gasteiger partial charge is 0.384 e. The van der Waals surface area contributed by atoms with Crippen LogP contribution < -0.4 is 10.6 Å². The third-order valence-electron chi connectivity index (χ3n) is 2.47. The van der Waals surface area contributed by atoms with Crippen molar-refractivity contribution in [2.45, 2.75) is 32.7 Å². The Morgan fingerprint density at radius 1 is 1.50 bits per heavy atom. The summed E-state index contributed by atoms with van der Waals surface area (Å²) in [7, 11) is 0. The van der Waals surface area contributed by atoms with Crippen molar-refractivity contribution in [1.82, 2.24) is 9.97 Å². The molecule has 1 aromatic heterocycles. The summed E-state index contributed by atoms with van der Waals surface area (Å²) in [5.74, 6) is 2.28. The van der Waals surface area contributed by atoms with Gasteiger partial charge in [0.2, 0.25) is 0 Å². The van der Waals surface area contributed by atoms with Gasteiger partial charge >= 0.3 is 0 Å². The molecule has 76 valence electrons. The highest BCUT2D eigenvalue weighted by Crippen LogP contribution is 2.30. The molecule has 0 radical (unpaired) electrons. The van der Waals surface area contributed by atoms with Crippen molar-refractivity contribution in [2.24, 2.45) is 0 Å². The molecule has 1 saturated carbocycles. The number of aryl methyl sites for hydroxylation is 1. The first-order valence-electron chi connectivity index (χ1n) is 5.08. The molecule has 2 rings (SSSR count). The SMILES string of the molecule is CCN(c1cc(N)nc(C)n1)C1CC1. The van der Waals surface area contributed by atoms with Gasteiger partial charge in [-0.1, -0.05) is 0 Å². The standard InChI is InChI=1S/C10H16N4/c1-3-14(8-4-5-8)10-6-9(11)12-7(2)13-10/h6,8H,3-5H2,1-2H3,(H2,11,12,13). The molecule has 1 aliphatic carbocycles. The van der Waals surface area contributed by atoms with Gasteiger partial charge in [-0.15, -0.1) is 0 Å². The Morgan fingerprint density at radius 2 is 2.21 bits per heavy atom. The summed E-state index contributed by atoms with van der Waals surface area (Å²) < 4.78 is 0. The lowest BCUT2D eigenvalue weighted by Crippen LogP contribution is -2.26. The molecular weight excluding hydrogens is 176 g/mol. The van der Waals surface area contributed by atoms with Crippen LogP contribution in [0, 0.1) is 6.92 Å². The smallest absolute Gasteiger partial charge is 0.134 e. The molecular formula is C10H16N4. The highest BCUT2D eigenvalue weighted by atomic mass is 15.2. The van der Waals surface area contributed by atoms with E-state index in [-0.39, 0.29) is 0 Å². The summed E-state index contributed by atoms with van der Waals surface area (Å²) in [4.78, 5) is 10.8. The second-order valence-corrected chi connectivity index (χ2v) is 3.72. The van der Waals surface area contributed by atoms with Crippen molar-refractivity contribution < 1.29 is 0 Å². The molecule has 0 bridgehead atoms. The fourth-order valence-electron chi connectivity index (χ4n) is 1.72. The van der Waals surface area contributed by atoms with Crippen LogP contribution >= 0.6 is 0 Å². The summed E-state index contributed by atoms with van der Waals surface area (Å²) in [5.41, 5.74) is 5.69. The summed E-state index contributed by atoms with van der Waals surface area (Å²) in [6.07, 6.45) is 2.55. The van der Waals surface area contributed by atoms with Gasteiger partial charge < -0.3 is 10.6 Å². The summed E-state index contributed by atoms with van der Waals surface area (Å²) in [6.45, 7) is 5.01. The molecule has 0 aliphatic heterocycles. The molecule has 4 heteroatoms. The molecule has 0 unspecified atom stereocenters. The monoisotopic (exact) mass is 192 g/mol. The zero-order valence-corrected chi connectivity index (χ0v) is 8.70. The van der Waals surface area contributed by atoms with Crippen molar-refractivity contribution in [1.29, 1.82) is 0 Å². The van der Waals surface area contributed by atoms with Crippen LogP contribution in [0.5, 0.6) is 0 Å². The summed E-state index contributed by atoms with van der Waals surface area (Å²) in [5, 5.41) is 0. The van der Waals surface area contributed by atoms with Crippen molar-refractivity contribution in [3.05, 3.63) is 11.9 Å². The minimum absolute atomic E-state index is 0.562. The van der Waals surface area contributed by atoms with E-state index < -0.39 is 0 Å². The highest BCUT2D eigenvalue weighted by molar-refractivity contribution is 5.48. The van der Waals surface area contributed by atoms with Gasteiger partial charge in [0, 0.05) is 18.7 Å². The molecule has 0 spiro atoms. The average Bonchev–Trinajstić information content (AvgIpc) is 2.87. The molecule has 0 saturated heterocycles. The van der Waals surface area contributed by atoms with Gasteiger partial charge in [-0.3, -0.25) is 0 Å². The number of aromatic nitrogens is 2. The quantitative estimate of drug-likeness (QED) is 0.785. The van der Waals surface area contributed by atoms with E-state index in [4.69, 9.17) is 5.73 Å². The van der Waals surface area contributed by atoms with Crippen molar-refractivity contribution in [3.63, 3.8) is 0 Å². The van der Waals surface area contributed by atoms with Gasteiger partial charge in [-0.2, -0.15) is 0 Å². The molecule has 4 nitrogen and oxygen atoms in total. The number of rotatable bonds is 3. The zero-order chi connectivity index (χ0) is 10.1. The molecule has 1 aromatic rings. The second-order valence-electron chi connectivity index (χ2n) is 3.72. The normalized spacial score (nSPS) is 15.6. The van der Waals surface area contributed by atoms with Crippen LogP contribution in [0.2, 0.25) is 0 Å². The van der Waals surface area contributed by atoms with Crippen molar-refractivity contribution in [3.8, 4) is 0 Å². The Hall–Kier alpha value is -1.32. The van der Waals surface area contributed by atoms with Gasteiger partial charge in [0.25, 0.3) is 0 Å². The maximum atomic E-state index is 5.69. The molecule has 2 N–H and O–H groups in total. The number of hydrogen-bond donors (Lipinski definition) is 1. The minimum Gasteiger partial charge on any atom is -0.384 e. The lowest BCUT2D eigenvalue weighted by molar-refractivity contribution is 0.800. The number of hydrogen-bond acceptors (Lipinski definition) is 4. The maximum absolute atomic E-state index is 5.69. The zero-order valence-electron chi connectivity index (χ0n) is 8.70. The van der Waals surface area contributed by atoms with Crippen LogP contribution in [0.15, 0.2) is 6.07 Å². The highest BCUT2D eigenvalue weighted by Gasteiger charge is 2.29. The molecule has 0 amide bonds. The van der Waals surface area contributed by atoms with E-state index in [0.29, 0.717) is 11.9 Å². The second kappa shape index (κ2) is 3.44. The summed E-state index contributed by atoms with van der Waals surface area (Å²) in [6, 6.07) is 2.53. The van der Waals surface area contributed by atoms with Gasteiger partial charge in [-0.05, 0) is 26.7 Å². The molecule has 0 atom stereocenters. The lowest BCUT2D eigenvalue weighted by atomic mass is 10.4. The van der Waals surface area contributed by atoms with E-state index in [9.17, 15) is 0 Å². The molecule has 14 heavy (non-hydrogen) atoms. The Bertz CT molecular complexity index is 313. The first-order chi connectivity index (χ1) is 6.70. The van der Waals surface area contributed by atoms with Gasteiger partial charge in [0.05, 0.1) is 0 Å². The van der Waals surface area contributed by atoms with Gasteiger partial charge in [-0.25, -0.2) is 9.97 Å². The van der Waals surface area contributed by atoms with Crippen molar-refractivity contribution >= 4 is 11.6 Å². The lowest BCUT2D eigenvalue weighted by Gasteiger charge is -2.21. The number of anilines is 2. The van der Waals surface area contributed by atoms with E-state index >= 15 is 0 Å². The number of nitrogens with two attached hydrogens (primary N) is 1. The van der Waals surface area contributed by atoms with Crippen LogP contribution in [0.4, 0.5) is 11.6 Å². The Morgan fingerprint density at radius 3 is 2.71 bits per heavy atom. The molecule has 1 heterocycles. The predicted octanol–water partition coefficient (Wildman–Crippen LogP) is 1.36. The Labute approximate surface area is 84.2 Å². The van der Waals surface area contributed by atoms with E-state index in [0.717, 1.165) is 18.2 Å². The van der Waals surface area contributed by atoms with E-state index in [2.05, 4.69) is 21.8 Å². The fourth-order valence-corrected chi connectivity index (χ4v) is 1.72. The first kappa shape index (κ1) is 9.24. The molecule has 1 aliphatic rings. The van der Waals surface area contributed by atoms with E-state index in [1.165, 1.54) is 12.8 Å². The average molecular weight is 192 g/mol. The van der Waals surface area contributed by atoms with Gasteiger partial charge in [0.1, 0.15) is 17.5 Å². The third-order valence-corrected chi connectivity index (χ3v) is 2.47. The van der Waals surface area contributed by atoms with Crippen LogP contribution in [0.1, 0.15) is 25.6 Å². The molecule has 1 fully saturated rings. The van der Waals surface area contributed by atoms with Crippen LogP contribution in [-0.4, -0.2) is 22.6 Å². The van der Waals surface area contributed by atoms with E-state index in [1.54, 1.807) is 0 Å². The van der Waals surface area contributed by atoms with Crippen molar-refractivity contribution in [2.75, 3.05) is 17.2 Å². The minimum atomic E-state index is 0.562. The Kier molecular flexibility index (Phi) is 2.27. The number of nitrogens with zero attached hydrogens (tertiary/aromatic N) is 3. The van der Waals surface area contributed by atoms with Crippen LogP contribution in [0.3, 0.4) is 0 Å². The third kappa shape index (κ3) is 1.78. The fraction of sp³-hybridized carbons (Fsp3) is 0.600. The first-order valence-corrected chi connectivity index (χ1v) is 5.08. The van der Waals surface area contributed by atoms with Gasteiger partial charge in [0.15, 0.2) is 0 Å².